The van der Waals surface area contributed by atoms with Crippen LogP contribution in [0.4, 0.5) is 0 Å². The van der Waals surface area contributed by atoms with E-state index in [0.717, 1.165) is 12.8 Å². The Balaban J connectivity index is 0.00000338. The van der Waals surface area contributed by atoms with Crippen molar-refractivity contribution in [2.24, 2.45) is 11.7 Å². The van der Waals surface area contributed by atoms with Crippen LogP contribution in [0.2, 0.25) is 10.0 Å². The van der Waals surface area contributed by atoms with Gasteiger partial charge >= 0.3 is 0 Å². The normalized spacial score (nSPS) is 16.6. The molecule has 1 unspecified atom stereocenters. The van der Waals surface area contributed by atoms with Crippen LogP contribution in [0.3, 0.4) is 0 Å². The summed E-state index contributed by atoms with van der Waals surface area (Å²) in [5.41, 5.74) is 5.39. The van der Waals surface area contributed by atoms with E-state index >= 15 is 0 Å². The first-order valence-corrected chi connectivity index (χ1v) is 9.10. The van der Waals surface area contributed by atoms with Crippen LogP contribution in [0.15, 0.2) is 18.2 Å². The number of rotatable bonds is 7. The van der Waals surface area contributed by atoms with Crippen LogP contribution in [-0.4, -0.2) is 49.5 Å². The predicted octanol–water partition coefficient (Wildman–Crippen LogP) is 2.50. The number of hydrogen-bond donors (Lipinski definition) is 2. The summed E-state index contributed by atoms with van der Waals surface area (Å²) in [4.78, 5) is 26.1. The molecule has 1 aromatic rings. The second-order valence-corrected chi connectivity index (χ2v) is 6.78. The molecule has 3 N–H and O–H groups in total. The van der Waals surface area contributed by atoms with E-state index in [1.165, 1.54) is 0 Å². The molecule has 6 nitrogen and oxygen atoms in total. The van der Waals surface area contributed by atoms with Gasteiger partial charge in [0.05, 0.1) is 24.0 Å². The van der Waals surface area contributed by atoms with Crippen LogP contribution in [0, 0.1) is 5.92 Å². The zero-order chi connectivity index (χ0) is 18.2. The van der Waals surface area contributed by atoms with E-state index in [1.54, 1.807) is 23.1 Å². The molecule has 146 valence electrons. The number of ether oxygens (including phenoxy) is 1. The van der Waals surface area contributed by atoms with Crippen molar-refractivity contribution in [1.29, 1.82) is 0 Å². The highest BCUT2D eigenvalue weighted by Gasteiger charge is 2.27. The van der Waals surface area contributed by atoms with Gasteiger partial charge in [-0.3, -0.25) is 9.59 Å². The summed E-state index contributed by atoms with van der Waals surface area (Å²) < 4.78 is 5.55. The highest BCUT2D eigenvalue weighted by molar-refractivity contribution is 6.35. The fraction of sp³-hybridized carbons (Fsp3) is 0.529. The Morgan fingerprint density at radius 3 is 2.81 bits per heavy atom. The summed E-state index contributed by atoms with van der Waals surface area (Å²) in [7, 11) is 0. The van der Waals surface area contributed by atoms with Crippen LogP contribution in [0.1, 0.15) is 19.3 Å². The molecule has 0 radical (unpaired) electrons. The molecule has 0 spiro atoms. The quantitative estimate of drug-likeness (QED) is 0.704. The highest BCUT2D eigenvalue weighted by atomic mass is 35.5. The predicted molar refractivity (Wildman–Crippen MR) is 105 cm³/mol. The number of benzene rings is 1. The van der Waals surface area contributed by atoms with Crippen molar-refractivity contribution in [2.45, 2.75) is 19.3 Å². The van der Waals surface area contributed by atoms with E-state index in [2.05, 4.69) is 5.32 Å². The zero-order valence-electron chi connectivity index (χ0n) is 14.4. The molecular weight excluding hydrogens is 401 g/mol. The van der Waals surface area contributed by atoms with Gasteiger partial charge in [-0.25, -0.2) is 0 Å². The topological polar surface area (TPSA) is 84.7 Å². The molecule has 0 bridgehead atoms. The lowest BCUT2D eigenvalue weighted by atomic mass is 9.97. The molecule has 1 aliphatic heterocycles. The Bertz CT molecular complexity index is 616. The number of likely N-dealkylation sites (tertiary alicyclic amines) is 1. The second-order valence-electron chi connectivity index (χ2n) is 5.93. The van der Waals surface area contributed by atoms with Gasteiger partial charge in [0.15, 0.2) is 0 Å². The summed E-state index contributed by atoms with van der Waals surface area (Å²) in [5, 5.41) is 3.72. The number of carbonyl (C=O) groups is 2. The highest BCUT2D eigenvalue weighted by Crippen LogP contribution is 2.27. The number of amides is 2. The fourth-order valence-corrected chi connectivity index (χ4v) is 3.22. The molecule has 1 aliphatic rings. The van der Waals surface area contributed by atoms with E-state index in [0.29, 0.717) is 42.0 Å². The summed E-state index contributed by atoms with van der Waals surface area (Å²) in [6.45, 7) is 2.20. The van der Waals surface area contributed by atoms with Crippen molar-refractivity contribution < 1.29 is 14.3 Å². The average molecular weight is 425 g/mol. The largest absolute Gasteiger partial charge is 0.491 e. The van der Waals surface area contributed by atoms with E-state index in [4.69, 9.17) is 33.7 Å². The smallest absolute Gasteiger partial charge is 0.226 e. The Kier molecular flexibility index (Phi) is 10.1. The molecule has 1 saturated heterocycles. The minimum Gasteiger partial charge on any atom is -0.491 e. The summed E-state index contributed by atoms with van der Waals surface area (Å²) >= 11 is 11.9. The zero-order valence-corrected chi connectivity index (χ0v) is 16.7. The second kappa shape index (κ2) is 11.5. The van der Waals surface area contributed by atoms with Crippen LogP contribution >= 0.6 is 35.6 Å². The fourth-order valence-electron chi connectivity index (χ4n) is 2.76. The average Bonchev–Trinajstić information content (AvgIpc) is 2.61. The lowest BCUT2D eigenvalue weighted by Gasteiger charge is -2.32. The first-order valence-electron chi connectivity index (χ1n) is 8.34. The Hall–Kier alpha value is -1.21. The molecule has 1 heterocycles. The van der Waals surface area contributed by atoms with Crippen molar-refractivity contribution in [3.8, 4) is 5.75 Å². The summed E-state index contributed by atoms with van der Waals surface area (Å²) in [6.07, 6.45) is 1.84. The summed E-state index contributed by atoms with van der Waals surface area (Å²) in [5.74, 6) is 0.265. The van der Waals surface area contributed by atoms with Gasteiger partial charge in [-0.2, -0.15) is 0 Å². The van der Waals surface area contributed by atoms with Crippen LogP contribution in [-0.2, 0) is 9.59 Å². The Morgan fingerprint density at radius 2 is 2.12 bits per heavy atom. The monoisotopic (exact) mass is 423 g/mol. The SMILES string of the molecule is Cl.NCCNC(=O)C1CCCN(C(=O)CCOc2ccc(Cl)cc2Cl)C1. The number of nitrogens with two attached hydrogens (primary N) is 1. The van der Waals surface area contributed by atoms with Gasteiger partial charge in [0, 0.05) is 31.2 Å². The maximum Gasteiger partial charge on any atom is 0.226 e. The summed E-state index contributed by atoms with van der Waals surface area (Å²) in [6, 6.07) is 4.95. The third-order valence-corrected chi connectivity index (χ3v) is 4.59. The van der Waals surface area contributed by atoms with Gasteiger partial charge in [-0.05, 0) is 31.0 Å². The van der Waals surface area contributed by atoms with E-state index in [1.807, 2.05) is 0 Å². The standard InChI is InChI=1S/C17H23Cl2N3O3.ClH/c18-13-3-4-15(14(19)10-13)25-9-5-16(23)22-8-1-2-12(11-22)17(24)21-7-6-20;/h3-4,10,12H,1-2,5-9,11,20H2,(H,21,24);1H. The molecular formula is C17H24Cl3N3O3. The number of halogens is 3. The number of nitrogens with zero attached hydrogens (tertiary/aromatic N) is 1. The van der Waals surface area contributed by atoms with Crippen LogP contribution in [0.5, 0.6) is 5.75 Å². The number of carbonyl (C=O) groups excluding carboxylic acids is 2. The Morgan fingerprint density at radius 1 is 1.35 bits per heavy atom. The van der Waals surface area contributed by atoms with E-state index < -0.39 is 0 Å². The molecule has 1 fully saturated rings. The number of nitrogens with one attached hydrogen (secondary N) is 1. The third kappa shape index (κ3) is 6.83. The Labute approximate surface area is 169 Å². The minimum atomic E-state index is -0.170. The first-order chi connectivity index (χ1) is 12.0. The molecule has 0 aromatic heterocycles. The van der Waals surface area contributed by atoms with E-state index in [9.17, 15) is 9.59 Å². The van der Waals surface area contributed by atoms with Crippen molar-refractivity contribution >= 4 is 47.4 Å². The van der Waals surface area contributed by atoms with Crippen LogP contribution in [0.25, 0.3) is 0 Å². The van der Waals surface area contributed by atoms with Gasteiger partial charge in [0.25, 0.3) is 0 Å². The van der Waals surface area contributed by atoms with Crippen molar-refractivity contribution in [2.75, 3.05) is 32.8 Å². The van der Waals surface area contributed by atoms with Gasteiger partial charge in [0.1, 0.15) is 5.75 Å². The molecule has 2 amide bonds. The number of piperidine rings is 1. The van der Waals surface area contributed by atoms with Crippen molar-refractivity contribution in [3.63, 3.8) is 0 Å². The maximum absolute atomic E-state index is 12.3. The molecule has 26 heavy (non-hydrogen) atoms. The lowest BCUT2D eigenvalue weighted by Crippen LogP contribution is -2.46. The van der Waals surface area contributed by atoms with Crippen LogP contribution < -0.4 is 15.8 Å². The molecule has 9 heteroatoms. The van der Waals surface area contributed by atoms with E-state index in [-0.39, 0.29) is 43.2 Å². The lowest BCUT2D eigenvalue weighted by molar-refractivity contribution is -0.136. The van der Waals surface area contributed by atoms with Gasteiger partial charge in [-0.15, -0.1) is 12.4 Å². The maximum atomic E-state index is 12.3. The van der Waals surface area contributed by atoms with Crippen molar-refractivity contribution in [3.05, 3.63) is 28.2 Å². The number of hydrogen-bond acceptors (Lipinski definition) is 4. The molecule has 0 aliphatic carbocycles. The first kappa shape index (κ1) is 22.8. The van der Waals surface area contributed by atoms with Gasteiger partial charge in [0.2, 0.25) is 11.8 Å². The molecule has 2 rings (SSSR count). The van der Waals surface area contributed by atoms with Gasteiger partial charge in [-0.1, -0.05) is 23.2 Å². The molecule has 1 aromatic carbocycles. The third-order valence-electron chi connectivity index (χ3n) is 4.06. The molecule has 0 saturated carbocycles. The molecule has 1 atom stereocenters. The van der Waals surface area contributed by atoms with Crippen molar-refractivity contribution in [1.82, 2.24) is 10.2 Å². The minimum absolute atomic E-state index is 0. The van der Waals surface area contributed by atoms with Gasteiger partial charge < -0.3 is 20.7 Å².